The number of amides is 1. The molecule has 0 aliphatic carbocycles. The van der Waals surface area contributed by atoms with E-state index in [1.54, 1.807) is 4.68 Å². The molecule has 0 bridgehead atoms. The van der Waals surface area contributed by atoms with Crippen LogP contribution >= 0.6 is 0 Å². The second kappa shape index (κ2) is 5.03. The number of aromatic amines is 1. The highest BCUT2D eigenvalue weighted by molar-refractivity contribution is 5.92. The summed E-state index contributed by atoms with van der Waals surface area (Å²) in [6.07, 6.45) is 1.92. The molecule has 0 radical (unpaired) electrons. The van der Waals surface area contributed by atoms with Crippen LogP contribution in [0.2, 0.25) is 0 Å². The summed E-state index contributed by atoms with van der Waals surface area (Å²) in [5, 5.41) is 18.3. The number of aryl methyl sites for hydroxylation is 2. The monoisotopic (exact) mass is 275 g/mol. The predicted octanol–water partition coefficient (Wildman–Crippen LogP) is 0.261. The average Bonchev–Trinajstić information content (AvgIpc) is 3.09. The number of tetrazole rings is 1. The SMILES string of the molecule is Cc1cc(C(=O)N2CCCC(c3nn[nH]n3)C2)nn1C. The van der Waals surface area contributed by atoms with Gasteiger partial charge in [-0.15, -0.1) is 10.2 Å². The van der Waals surface area contributed by atoms with E-state index in [1.165, 1.54) is 0 Å². The van der Waals surface area contributed by atoms with Gasteiger partial charge in [0.15, 0.2) is 11.5 Å². The van der Waals surface area contributed by atoms with Crippen LogP contribution in [0.25, 0.3) is 0 Å². The summed E-state index contributed by atoms with van der Waals surface area (Å²) in [6.45, 7) is 3.30. The Kier molecular flexibility index (Phi) is 3.21. The number of nitrogens with zero attached hydrogens (tertiary/aromatic N) is 6. The highest BCUT2D eigenvalue weighted by Gasteiger charge is 2.28. The number of hydrogen-bond donors (Lipinski definition) is 1. The van der Waals surface area contributed by atoms with Crippen molar-refractivity contribution in [2.24, 2.45) is 7.05 Å². The first-order chi connectivity index (χ1) is 9.65. The number of rotatable bonds is 2. The van der Waals surface area contributed by atoms with E-state index in [-0.39, 0.29) is 11.8 Å². The fourth-order valence-corrected chi connectivity index (χ4v) is 2.54. The highest BCUT2D eigenvalue weighted by atomic mass is 16.2. The Morgan fingerprint density at radius 1 is 1.50 bits per heavy atom. The van der Waals surface area contributed by atoms with Crippen LogP contribution in [0.1, 0.15) is 40.8 Å². The van der Waals surface area contributed by atoms with Crippen LogP contribution in [0.15, 0.2) is 6.07 Å². The molecule has 8 nitrogen and oxygen atoms in total. The molecule has 1 N–H and O–H groups in total. The van der Waals surface area contributed by atoms with Gasteiger partial charge in [-0.2, -0.15) is 10.3 Å². The maximum Gasteiger partial charge on any atom is 0.274 e. The topological polar surface area (TPSA) is 92.6 Å². The van der Waals surface area contributed by atoms with Crippen molar-refractivity contribution in [2.75, 3.05) is 13.1 Å². The lowest BCUT2D eigenvalue weighted by Crippen LogP contribution is -2.39. The molecule has 1 fully saturated rings. The second-order valence-corrected chi connectivity index (χ2v) is 5.15. The molecule has 2 aromatic heterocycles. The van der Waals surface area contributed by atoms with Crippen LogP contribution in [0.3, 0.4) is 0 Å². The fraction of sp³-hybridized carbons (Fsp3) is 0.583. The molecular formula is C12H17N7O. The Balaban J connectivity index is 1.75. The van der Waals surface area contributed by atoms with Gasteiger partial charge in [0.25, 0.3) is 5.91 Å². The average molecular weight is 275 g/mol. The van der Waals surface area contributed by atoms with Crippen molar-refractivity contribution in [1.29, 1.82) is 0 Å². The Hall–Kier alpha value is -2.25. The number of nitrogens with one attached hydrogen (secondary N) is 1. The minimum absolute atomic E-state index is 0.0260. The molecule has 1 unspecified atom stereocenters. The van der Waals surface area contributed by atoms with Gasteiger partial charge in [0.1, 0.15) is 0 Å². The predicted molar refractivity (Wildman–Crippen MR) is 70.0 cm³/mol. The Labute approximate surface area is 116 Å². The third-order valence-corrected chi connectivity index (χ3v) is 3.77. The van der Waals surface area contributed by atoms with Crippen LogP contribution < -0.4 is 0 Å². The maximum absolute atomic E-state index is 12.5. The first-order valence-corrected chi connectivity index (χ1v) is 6.68. The lowest BCUT2D eigenvalue weighted by molar-refractivity contribution is 0.0697. The van der Waals surface area contributed by atoms with Gasteiger partial charge in [-0.1, -0.05) is 5.21 Å². The van der Waals surface area contributed by atoms with Crippen molar-refractivity contribution < 1.29 is 4.79 Å². The van der Waals surface area contributed by atoms with Crippen LogP contribution in [0, 0.1) is 6.92 Å². The minimum atomic E-state index is -0.0260. The summed E-state index contributed by atoms with van der Waals surface area (Å²) in [4.78, 5) is 14.3. The van der Waals surface area contributed by atoms with Gasteiger partial charge < -0.3 is 4.90 Å². The molecule has 1 aliphatic rings. The number of piperidine rings is 1. The second-order valence-electron chi connectivity index (χ2n) is 5.15. The number of carbonyl (C=O) groups excluding carboxylic acids is 1. The first kappa shape index (κ1) is 12.8. The molecule has 106 valence electrons. The van der Waals surface area contributed by atoms with Gasteiger partial charge in [-0.25, -0.2) is 0 Å². The molecule has 1 aliphatic heterocycles. The molecule has 8 heteroatoms. The number of likely N-dealkylation sites (tertiary alicyclic amines) is 1. The number of aromatic nitrogens is 6. The summed E-state index contributed by atoms with van der Waals surface area (Å²) in [5.74, 6) is 0.804. The standard InChI is InChI=1S/C12H17N7O/c1-8-6-10(15-18(8)2)12(20)19-5-3-4-9(7-19)11-13-16-17-14-11/h6,9H,3-5,7H2,1-2H3,(H,13,14,16,17). The first-order valence-electron chi connectivity index (χ1n) is 6.68. The van der Waals surface area contributed by atoms with E-state index in [1.807, 2.05) is 24.9 Å². The normalized spacial score (nSPS) is 19.3. The summed E-state index contributed by atoms with van der Waals surface area (Å²) < 4.78 is 1.72. The molecule has 1 saturated heterocycles. The third kappa shape index (κ3) is 2.28. The number of H-pyrrole nitrogens is 1. The van der Waals surface area contributed by atoms with E-state index in [4.69, 9.17) is 0 Å². The Morgan fingerprint density at radius 3 is 3.00 bits per heavy atom. The highest BCUT2D eigenvalue weighted by Crippen LogP contribution is 2.24. The molecule has 0 aromatic carbocycles. The lowest BCUT2D eigenvalue weighted by Gasteiger charge is -2.30. The van der Waals surface area contributed by atoms with Crippen molar-refractivity contribution in [3.05, 3.63) is 23.3 Å². The molecule has 0 spiro atoms. The van der Waals surface area contributed by atoms with Gasteiger partial charge in [0.2, 0.25) is 0 Å². The summed E-state index contributed by atoms with van der Waals surface area (Å²) in [7, 11) is 1.84. The van der Waals surface area contributed by atoms with Crippen LogP contribution in [-0.2, 0) is 7.05 Å². The third-order valence-electron chi connectivity index (χ3n) is 3.77. The van der Waals surface area contributed by atoms with Crippen molar-refractivity contribution in [3.8, 4) is 0 Å². The van der Waals surface area contributed by atoms with E-state index in [0.717, 1.165) is 25.1 Å². The van der Waals surface area contributed by atoms with Gasteiger partial charge in [-0.05, 0) is 25.8 Å². The summed E-state index contributed by atoms with van der Waals surface area (Å²) in [5.41, 5.74) is 1.47. The van der Waals surface area contributed by atoms with Crippen molar-refractivity contribution in [1.82, 2.24) is 35.3 Å². The fourth-order valence-electron chi connectivity index (χ4n) is 2.54. The van der Waals surface area contributed by atoms with E-state index in [2.05, 4.69) is 25.7 Å². The molecule has 1 amide bonds. The van der Waals surface area contributed by atoms with Crippen molar-refractivity contribution in [2.45, 2.75) is 25.7 Å². The quantitative estimate of drug-likeness (QED) is 0.848. The van der Waals surface area contributed by atoms with Crippen molar-refractivity contribution in [3.63, 3.8) is 0 Å². The Bertz CT molecular complexity index is 584. The van der Waals surface area contributed by atoms with Crippen LogP contribution in [0.5, 0.6) is 0 Å². The van der Waals surface area contributed by atoms with E-state index < -0.39 is 0 Å². The van der Waals surface area contributed by atoms with Gasteiger partial charge in [0.05, 0.1) is 0 Å². The van der Waals surface area contributed by atoms with Crippen LogP contribution in [-0.4, -0.2) is 54.3 Å². The lowest BCUT2D eigenvalue weighted by atomic mass is 9.97. The molecule has 3 rings (SSSR count). The largest absolute Gasteiger partial charge is 0.337 e. The maximum atomic E-state index is 12.5. The van der Waals surface area contributed by atoms with Gasteiger partial charge in [-0.3, -0.25) is 9.48 Å². The molecule has 20 heavy (non-hydrogen) atoms. The number of carbonyl (C=O) groups is 1. The smallest absolute Gasteiger partial charge is 0.274 e. The van der Waals surface area contributed by atoms with Gasteiger partial charge in [0, 0.05) is 31.7 Å². The van der Waals surface area contributed by atoms with Crippen LogP contribution in [0.4, 0.5) is 0 Å². The summed E-state index contributed by atoms with van der Waals surface area (Å²) in [6, 6.07) is 1.82. The zero-order valence-corrected chi connectivity index (χ0v) is 11.6. The minimum Gasteiger partial charge on any atom is -0.337 e. The van der Waals surface area contributed by atoms with E-state index in [9.17, 15) is 4.79 Å². The van der Waals surface area contributed by atoms with E-state index in [0.29, 0.717) is 18.1 Å². The molecular weight excluding hydrogens is 258 g/mol. The molecule has 2 aromatic rings. The van der Waals surface area contributed by atoms with Gasteiger partial charge >= 0.3 is 0 Å². The molecule has 1 atom stereocenters. The Morgan fingerprint density at radius 2 is 2.35 bits per heavy atom. The van der Waals surface area contributed by atoms with E-state index >= 15 is 0 Å². The summed E-state index contributed by atoms with van der Waals surface area (Å²) >= 11 is 0. The molecule has 3 heterocycles. The zero-order valence-electron chi connectivity index (χ0n) is 11.6. The molecule has 0 saturated carbocycles. The van der Waals surface area contributed by atoms with Crippen molar-refractivity contribution >= 4 is 5.91 Å². The number of hydrogen-bond acceptors (Lipinski definition) is 5. The zero-order chi connectivity index (χ0) is 14.1.